The van der Waals surface area contributed by atoms with Gasteiger partial charge in [-0.05, 0) is 17.7 Å². The van der Waals surface area contributed by atoms with Gasteiger partial charge in [-0.15, -0.1) is 0 Å². The zero-order valence-electron chi connectivity index (χ0n) is 9.35. The molecular weight excluding hydrogens is 257 g/mol. The van der Waals surface area contributed by atoms with Crippen LogP contribution in [-0.4, -0.2) is 21.6 Å². The number of aliphatic hydroxyl groups is 1. The van der Waals surface area contributed by atoms with Crippen LogP contribution in [0.1, 0.15) is 11.7 Å². The van der Waals surface area contributed by atoms with Crippen molar-refractivity contribution in [2.24, 2.45) is 0 Å². The first-order chi connectivity index (χ1) is 8.66. The number of nitrogens with one attached hydrogen (secondary N) is 1. The molecule has 0 bridgehead atoms. The molecule has 6 heteroatoms. The quantitative estimate of drug-likeness (QED) is 0.893. The van der Waals surface area contributed by atoms with Crippen LogP contribution in [0.2, 0.25) is 5.02 Å². The van der Waals surface area contributed by atoms with Gasteiger partial charge in [0.05, 0.1) is 12.3 Å². The molecule has 2 rings (SSSR count). The number of anilines is 1. The molecule has 0 aliphatic carbocycles. The van der Waals surface area contributed by atoms with E-state index in [1.54, 1.807) is 12.1 Å². The summed E-state index contributed by atoms with van der Waals surface area (Å²) in [6, 6.07) is 5.81. The second-order valence-corrected chi connectivity index (χ2v) is 4.08. The van der Waals surface area contributed by atoms with Crippen molar-refractivity contribution in [2.75, 3.05) is 11.9 Å². The normalized spacial score (nSPS) is 12.2. The monoisotopic (exact) mass is 267 g/mol. The fourth-order valence-corrected chi connectivity index (χ4v) is 1.64. The predicted octanol–water partition coefficient (Wildman–Crippen LogP) is 2.41. The van der Waals surface area contributed by atoms with E-state index in [0.29, 0.717) is 16.4 Å². The molecule has 1 aromatic heterocycles. The standard InChI is InChI=1S/C12H11ClFN3O/c13-10-5-15-7-17-12(10)16-6-11(18)8-2-1-3-9(14)4-8/h1-5,7,11,18H,6H2,(H,15,16,17). The number of nitrogens with zero attached hydrogens (tertiary/aromatic N) is 2. The van der Waals surface area contributed by atoms with Crippen LogP contribution in [0.5, 0.6) is 0 Å². The van der Waals surface area contributed by atoms with Gasteiger partial charge in [0.1, 0.15) is 23.0 Å². The van der Waals surface area contributed by atoms with Crippen LogP contribution < -0.4 is 5.32 Å². The van der Waals surface area contributed by atoms with Crippen molar-refractivity contribution in [1.29, 1.82) is 0 Å². The molecule has 0 amide bonds. The lowest BCUT2D eigenvalue weighted by Gasteiger charge is -2.13. The number of halogens is 2. The molecular formula is C12H11ClFN3O. The molecule has 0 radical (unpaired) electrons. The van der Waals surface area contributed by atoms with Gasteiger partial charge in [-0.1, -0.05) is 23.7 Å². The average molecular weight is 268 g/mol. The fourth-order valence-electron chi connectivity index (χ4n) is 1.47. The molecule has 1 atom stereocenters. The zero-order valence-corrected chi connectivity index (χ0v) is 10.1. The highest BCUT2D eigenvalue weighted by molar-refractivity contribution is 6.32. The van der Waals surface area contributed by atoms with Gasteiger partial charge in [0.25, 0.3) is 0 Å². The Bertz CT molecular complexity index is 538. The van der Waals surface area contributed by atoms with Crippen LogP contribution in [-0.2, 0) is 0 Å². The van der Waals surface area contributed by atoms with E-state index >= 15 is 0 Å². The van der Waals surface area contributed by atoms with Gasteiger partial charge in [-0.2, -0.15) is 0 Å². The van der Waals surface area contributed by atoms with E-state index in [9.17, 15) is 9.50 Å². The third kappa shape index (κ3) is 3.15. The van der Waals surface area contributed by atoms with Crippen LogP contribution in [0.15, 0.2) is 36.8 Å². The molecule has 0 aliphatic heterocycles. The van der Waals surface area contributed by atoms with Crippen LogP contribution in [0.3, 0.4) is 0 Å². The van der Waals surface area contributed by atoms with E-state index in [1.165, 1.54) is 24.7 Å². The Balaban J connectivity index is 2.00. The van der Waals surface area contributed by atoms with Crippen molar-refractivity contribution < 1.29 is 9.50 Å². The summed E-state index contributed by atoms with van der Waals surface area (Å²) in [5, 5.41) is 13.1. The third-order valence-electron chi connectivity index (χ3n) is 2.36. The van der Waals surface area contributed by atoms with Gasteiger partial charge in [-0.3, -0.25) is 0 Å². The van der Waals surface area contributed by atoms with Crippen molar-refractivity contribution in [3.63, 3.8) is 0 Å². The highest BCUT2D eigenvalue weighted by Crippen LogP contribution is 2.19. The summed E-state index contributed by atoms with van der Waals surface area (Å²) >= 11 is 5.85. The number of benzene rings is 1. The summed E-state index contributed by atoms with van der Waals surface area (Å²) in [6.45, 7) is 0.181. The maximum Gasteiger partial charge on any atom is 0.148 e. The van der Waals surface area contributed by atoms with E-state index in [1.807, 2.05) is 0 Å². The lowest BCUT2D eigenvalue weighted by molar-refractivity contribution is 0.191. The Kier molecular flexibility index (Phi) is 4.07. The first-order valence-corrected chi connectivity index (χ1v) is 5.67. The summed E-state index contributed by atoms with van der Waals surface area (Å²) in [5.74, 6) is 0.0498. The highest BCUT2D eigenvalue weighted by atomic mass is 35.5. The third-order valence-corrected chi connectivity index (χ3v) is 2.64. The molecule has 0 saturated heterocycles. The summed E-state index contributed by atoms with van der Waals surface area (Å²) in [7, 11) is 0. The second kappa shape index (κ2) is 5.75. The van der Waals surface area contributed by atoms with E-state index in [2.05, 4.69) is 15.3 Å². The van der Waals surface area contributed by atoms with Gasteiger partial charge < -0.3 is 10.4 Å². The molecule has 1 aromatic carbocycles. The van der Waals surface area contributed by atoms with Crippen molar-refractivity contribution in [3.05, 3.63) is 53.2 Å². The first kappa shape index (κ1) is 12.7. The Labute approximate surface area is 108 Å². The van der Waals surface area contributed by atoms with Gasteiger partial charge in [-0.25, -0.2) is 14.4 Å². The molecule has 1 unspecified atom stereocenters. The minimum absolute atomic E-state index is 0.181. The molecule has 94 valence electrons. The predicted molar refractivity (Wildman–Crippen MR) is 66.9 cm³/mol. The van der Waals surface area contributed by atoms with Gasteiger partial charge in [0.15, 0.2) is 0 Å². The van der Waals surface area contributed by atoms with Gasteiger partial charge >= 0.3 is 0 Å². The summed E-state index contributed by atoms with van der Waals surface area (Å²) in [6.07, 6.45) is 1.96. The van der Waals surface area contributed by atoms with Crippen molar-refractivity contribution in [1.82, 2.24) is 9.97 Å². The molecule has 18 heavy (non-hydrogen) atoms. The van der Waals surface area contributed by atoms with Crippen molar-refractivity contribution in [3.8, 4) is 0 Å². The Hall–Kier alpha value is -1.72. The Morgan fingerprint density at radius 2 is 2.28 bits per heavy atom. The Morgan fingerprint density at radius 3 is 3.00 bits per heavy atom. The molecule has 2 aromatic rings. The largest absolute Gasteiger partial charge is 0.387 e. The SMILES string of the molecule is OC(CNc1ncncc1Cl)c1cccc(F)c1. The van der Waals surface area contributed by atoms with Gasteiger partial charge in [0, 0.05) is 6.54 Å². The molecule has 0 fully saturated rings. The average Bonchev–Trinajstić information content (AvgIpc) is 2.37. The minimum Gasteiger partial charge on any atom is -0.387 e. The molecule has 1 heterocycles. The zero-order chi connectivity index (χ0) is 13.0. The molecule has 2 N–H and O–H groups in total. The molecule has 0 aliphatic rings. The summed E-state index contributed by atoms with van der Waals surface area (Å²) in [5.41, 5.74) is 0.493. The number of hydrogen-bond acceptors (Lipinski definition) is 4. The van der Waals surface area contributed by atoms with E-state index in [-0.39, 0.29) is 12.4 Å². The van der Waals surface area contributed by atoms with E-state index < -0.39 is 6.10 Å². The first-order valence-electron chi connectivity index (χ1n) is 5.29. The Morgan fingerprint density at radius 1 is 1.44 bits per heavy atom. The lowest BCUT2D eigenvalue weighted by atomic mass is 10.1. The van der Waals surface area contributed by atoms with Crippen molar-refractivity contribution in [2.45, 2.75) is 6.10 Å². The molecule has 0 saturated carbocycles. The van der Waals surface area contributed by atoms with Crippen LogP contribution >= 0.6 is 11.6 Å². The summed E-state index contributed by atoms with van der Waals surface area (Å²) < 4.78 is 13.0. The number of aliphatic hydroxyl groups excluding tert-OH is 1. The smallest absolute Gasteiger partial charge is 0.148 e. The fraction of sp³-hybridized carbons (Fsp3) is 0.167. The summed E-state index contributed by atoms with van der Waals surface area (Å²) in [4.78, 5) is 7.67. The number of hydrogen-bond donors (Lipinski definition) is 2. The van der Waals surface area contributed by atoms with Crippen LogP contribution in [0, 0.1) is 5.82 Å². The number of rotatable bonds is 4. The minimum atomic E-state index is -0.841. The second-order valence-electron chi connectivity index (χ2n) is 3.67. The number of aromatic nitrogens is 2. The lowest BCUT2D eigenvalue weighted by Crippen LogP contribution is -2.13. The maximum absolute atomic E-state index is 13.0. The van der Waals surface area contributed by atoms with Gasteiger partial charge in [0.2, 0.25) is 0 Å². The van der Waals surface area contributed by atoms with Crippen molar-refractivity contribution >= 4 is 17.4 Å². The maximum atomic E-state index is 13.0. The molecule has 4 nitrogen and oxygen atoms in total. The molecule has 0 spiro atoms. The van der Waals surface area contributed by atoms with Crippen LogP contribution in [0.4, 0.5) is 10.2 Å². The topological polar surface area (TPSA) is 58.0 Å². The van der Waals surface area contributed by atoms with E-state index in [0.717, 1.165) is 0 Å². The van der Waals surface area contributed by atoms with Crippen LogP contribution in [0.25, 0.3) is 0 Å². The van der Waals surface area contributed by atoms with E-state index in [4.69, 9.17) is 11.6 Å². The highest BCUT2D eigenvalue weighted by Gasteiger charge is 2.09.